The van der Waals surface area contributed by atoms with E-state index in [9.17, 15) is 9.59 Å². The topological polar surface area (TPSA) is 51.5 Å². The number of rotatable bonds is 8. The molecule has 6 heteroatoms. The van der Waals surface area contributed by atoms with Gasteiger partial charge in [-0.3, -0.25) is 9.69 Å². The fourth-order valence-corrected chi connectivity index (χ4v) is 4.81. The molecule has 1 atom stereocenters. The smallest absolute Gasteiger partial charge is 0.338 e. The summed E-state index contributed by atoms with van der Waals surface area (Å²) in [6.45, 7) is 10.3. The van der Waals surface area contributed by atoms with Gasteiger partial charge in [-0.15, -0.1) is 0 Å². The number of likely N-dealkylation sites (tertiary alicyclic amines) is 1. The molecule has 3 rings (SSSR count). The molecule has 0 spiro atoms. The van der Waals surface area contributed by atoms with Gasteiger partial charge < -0.3 is 9.30 Å². The highest BCUT2D eigenvalue weighted by atomic mass is 79.9. The van der Waals surface area contributed by atoms with E-state index in [1.54, 1.807) is 18.2 Å². The molecular formula is C26H35BrN2O3. The Balaban J connectivity index is 1.72. The van der Waals surface area contributed by atoms with Gasteiger partial charge in [0.1, 0.15) is 5.60 Å². The van der Waals surface area contributed by atoms with E-state index in [0.717, 1.165) is 35.2 Å². The SMILES string of the molecule is CCC[C@H]1CCCN1Cc1c(Br)ccc(=O)n1CCc1ccc(C(=O)OC(C)(C)C)cc1. The molecule has 0 saturated carbocycles. The van der Waals surface area contributed by atoms with E-state index in [-0.39, 0.29) is 11.5 Å². The van der Waals surface area contributed by atoms with Gasteiger partial charge in [-0.1, -0.05) is 25.5 Å². The second-order valence-corrected chi connectivity index (χ2v) is 10.5. The third-order valence-electron chi connectivity index (χ3n) is 5.93. The third kappa shape index (κ3) is 6.55. The Labute approximate surface area is 199 Å². The molecule has 32 heavy (non-hydrogen) atoms. The van der Waals surface area contributed by atoms with Crippen molar-refractivity contribution in [2.45, 2.75) is 84.5 Å². The molecule has 1 saturated heterocycles. The van der Waals surface area contributed by atoms with E-state index in [4.69, 9.17) is 4.74 Å². The minimum Gasteiger partial charge on any atom is -0.456 e. The summed E-state index contributed by atoms with van der Waals surface area (Å²) in [5.74, 6) is -0.318. The maximum Gasteiger partial charge on any atom is 0.338 e. The second-order valence-electron chi connectivity index (χ2n) is 9.62. The van der Waals surface area contributed by atoms with Crippen LogP contribution in [-0.2, 0) is 24.2 Å². The molecule has 174 valence electrons. The quantitative estimate of drug-likeness (QED) is 0.442. The average Bonchev–Trinajstić information content (AvgIpc) is 3.16. The molecule has 2 heterocycles. The summed E-state index contributed by atoms with van der Waals surface area (Å²) in [5, 5.41) is 0. The van der Waals surface area contributed by atoms with Crippen LogP contribution in [-0.4, -0.2) is 33.6 Å². The number of aromatic nitrogens is 1. The summed E-state index contributed by atoms with van der Waals surface area (Å²) >= 11 is 3.69. The summed E-state index contributed by atoms with van der Waals surface area (Å²) < 4.78 is 8.31. The predicted molar refractivity (Wildman–Crippen MR) is 132 cm³/mol. The average molecular weight is 503 g/mol. The van der Waals surface area contributed by atoms with Crippen LogP contribution in [0.4, 0.5) is 0 Å². The van der Waals surface area contributed by atoms with Crippen molar-refractivity contribution in [2.24, 2.45) is 0 Å². The lowest BCUT2D eigenvalue weighted by Crippen LogP contribution is -2.33. The molecule has 1 aromatic carbocycles. The van der Waals surface area contributed by atoms with Crippen LogP contribution in [0.3, 0.4) is 0 Å². The molecule has 0 bridgehead atoms. The van der Waals surface area contributed by atoms with Crippen molar-refractivity contribution in [2.75, 3.05) is 6.54 Å². The summed E-state index contributed by atoms with van der Waals surface area (Å²) in [7, 11) is 0. The van der Waals surface area contributed by atoms with Crippen LogP contribution in [0.5, 0.6) is 0 Å². The Bertz CT molecular complexity index is 976. The standard InChI is InChI=1S/C26H35BrN2O3/c1-5-7-21-8-6-16-28(21)18-23-22(27)13-14-24(30)29(23)17-15-19-9-11-20(12-10-19)25(31)32-26(2,3)4/h9-14,21H,5-8,15-18H2,1-4H3/t21-/m0/s1. The molecule has 0 amide bonds. The van der Waals surface area contributed by atoms with E-state index in [1.807, 2.05) is 43.5 Å². The van der Waals surface area contributed by atoms with Gasteiger partial charge in [0.15, 0.2) is 0 Å². The van der Waals surface area contributed by atoms with Crippen LogP contribution in [0.1, 0.15) is 75.0 Å². The maximum absolute atomic E-state index is 12.7. The maximum atomic E-state index is 12.7. The summed E-state index contributed by atoms with van der Waals surface area (Å²) in [6.07, 6.45) is 5.58. The molecule has 0 unspecified atom stereocenters. The number of carbonyl (C=O) groups excluding carboxylic acids is 1. The van der Waals surface area contributed by atoms with E-state index in [1.165, 1.54) is 25.7 Å². The van der Waals surface area contributed by atoms with E-state index < -0.39 is 5.60 Å². The van der Waals surface area contributed by atoms with E-state index in [2.05, 4.69) is 27.8 Å². The molecule has 1 aliphatic heterocycles. The van der Waals surface area contributed by atoms with Crippen LogP contribution in [0, 0.1) is 0 Å². The largest absolute Gasteiger partial charge is 0.456 e. The Morgan fingerprint density at radius 1 is 1.16 bits per heavy atom. The van der Waals surface area contributed by atoms with Crippen LogP contribution < -0.4 is 5.56 Å². The fraction of sp³-hybridized carbons (Fsp3) is 0.538. The van der Waals surface area contributed by atoms with Crippen molar-refractivity contribution in [1.29, 1.82) is 0 Å². The Hall–Kier alpha value is -1.92. The molecule has 0 N–H and O–H groups in total. The van der Waals surface area contributed by atoms with Gasteiger partial charge in [-0.2, -0.15) is 0 Å². The van der Waals surface area contributed by atoms with Crippen LogP contribution >= 0.6 is 15.9 Å². The number of esters is 1. The third-order valence-corrected chi connectivity index (χ3v) is 6.65. The van der Waals surface area contributed by atoms with Gasteiger partial charge in [0.2, 0.25) is 0 Å². The number of ether oxygens (including phenoxy) is 1. The lowest BCUT2D eigenvalue weighted by Gasteiger charge is -2.26. The highest BCUT2D eigenvalue weighted by Gasteiger charge is 2.25. The first-order chi connectivity index (χ1) is 15.2. The minimum atomic E-state index is -0.514. The van der Waals surface area contributed by atoms with Gasteiger partial charge in [-0.05, 0) is 92.7 Å². The van der Waals surface area contributed by atoms with Crippen molar-refractivity contribution in [1.82, 2.24) is 9.47 Å². The molecule has 1 aromatic heterocycles. The first-order valence-corrected chi connectivity index (χ1v) is 12.4. The number of benzene rings is 1. The Kier molecular flexibility index (Phi) is 8.34. The van der Waals surface area contributed by atoms with Crippen LogP contribution in [0.15, 0.2) is 45.7 Å². The predicted octanol–water partition coefficient (Wildman–Crippen LogP) is 5.57. The number of carbonyl (C=O) groups is 1. The molecule has 2 aromatic rings. The zero-order chi connectivity index (χ0) is 23.3. The molecule has 1 fully saturated rings. The summed E-state index contributed by atoms with van der Waals surface area (Å²) in [5.41, 5.74) is 2.19. The zero-order valence-electron chi connectivity index (χ0n) is 19.7. The van der Waals surface area contributed by atoms with Gasteiger partial charge in [-0.25, -0.2) is 4.79 Å². The van der Waals surface area contributed by atoms with Gasteiger partial charge in [0, 0.05) is 35.4 Å². The van der Waals surface area contributed by atoms with Crippen LogP contribution in [0.2, 0.25) is 0 Å². The lowest BCUT2D eigenvalue weighted by atomic mass is 10.1. The molecule has 1 aliphatic rings. The zero-order valence-corrected chi connectivity index (χ0v) is 21.3. The summed E-state index contributed by atoms with van der Waals surface area (Å²) in [4.78, 5) is 27.5. The molecule has 0 aliphatic carbocycles. The van der Waals surface area contributed by atoms with Crippen molar-refractivity contribution in [3.63, 3.8) is 0 Å². The van der Waals surface area contributed by atoms with Crippen LogP contribution in [0.25, 0.3) is 0 Å². The molecular weight excluding hydrogens is 468 g/mol. The van der Waals surface area contributed by atoms with Gasteiger partial charge in [0.05, 0.1) is 5.56 Å². The second kappa shape index (κ2) is 10.8. The highest BCUT2D eigenvalue weighted by molar-refractivity contribution is 9.10. The van der Waals surface area contributed by atoms with Crippen molar-refractivity contribution < 1.29 is 9.53 Å². The first-order valence-electron chi connectivity index (χ1n) is 11.6. The number of hydrogen-bond acceptors (Lipinski definition) is 4. The number of hydrogen-bond donors (Lipinski definition) is 0. The number of nitrogens with zero attached hydrogens (tertiary/aromatic N) is 2. The molecule has 0 radical (unpaired) electrons. The highest BCUT2D eigenvalue weighted by Crippen LogP contribution is 2.26. The van der Waals surface area contributed by atoms with Gasteiger partial charge in [0.25, 0.3) is 5.56 Å². The van der Waals surface area contributed by atoms with Crippen molar-refractivity contribution >= 4 is 21.9 Å². The summed E-state index contributed by atoms with van der Waals surface area (Å²) in [6, 6.07) is 11.6. The van der Waals surface area contributed by atoms with E-state index in [0.29, 0.717) is 18.2 Å². The number of pyridine rings is 1. The number of aryl methyl sites for hydroxylation is 1. The monoisotopic (exact) mass is 502 g/mol. The Morgan fingerprint density at radius 2 is 1.88 bits per heavy atom. The normalized spacial score (nSPS) is 17.0. The number of halogens is 1. The first kappa shape index (κ1) is 24.7. The lowest BCUT2D eigenvalue weighted by molar-refractivity contribution is 0.00695. The Morgan fingerprint density at radius 3 is 2.53 bits per heavy atom. The minimum absolute atomic E-state index is 0.0276. The van der Waals surface area contributed by atoms with Crippen molar-refractivity contribution in [3.05, 3.63) is 68.0 Å². The fourth-order valence-electron chi connectivity index (χ4n) is 4.34. The molecule has 5 nitrogen and oxygen atoms in total. The van der Waals surface area contributed by atoms with Crippen molar-refractivity contribution in [3.8, 4) is 0 Å². The van der Waals surface area contributed by atoms with Gasteiger partial charge >= 0.3 is 5.97 Å². The van der Waals surface area contributed by atoms with E-state index >= 15 is 0 Å².